The van der Waals surface area contributed by atoms with E-state index in [-0.39, 0.29) is 30.2 Å². The molecule has 0 saturated carbocycles. The number of rotatable bonds is 5. The lowest BCUT2D eigenvalue weighted by atomic mass is 9.91. The molecule has 1 saturated heterocycles. The molecule has 118 valence electrons. The lowest BCUT2D eigenvalue weighted by Crippen LogP contribution is -2.40. The van der Waals surface area contributed by atoms with E-state index in [1.165, 1.54) is 0 Å². The van der Waals surface area contributed by atoms with Gasteiger partial charge in [0.05, 0.1) is 30.6 Å². The Hall–Kier alpha value is -1.86. The number of hydrogen-bond acceptors (Lipinski definition) is 3. The van der Waals surface area contributed by atoms with Crippen molar-refractivity contribution in [3.8, 4) is 6.07 Å². The second kappa shape index (κ2) is 7.42. The van der Waals surface area contributed by atoms with E-state index < -0.39 is 6.10 Å². The van der Waals surface area contributed by atoms with Crippen LogP contribution in [0.25, 0.3) is 0 Å². The van der Waals surface area contributed by atoms with Gasteiger partial charge in [-0.1, -0.05) is 44.2 Å². The van der Waals surface area contributed by atoms with Crippen LogP contribution in [0.2, 0.25) is 0 Å². The van der Waals surface area contributed by atoms with Crippen molar-refractivity contribution >= 4 is 5.91 Å². The first-order chi connectivity index (χ1) is 10.5. The van der Waals surface area contributed by atoms with Gasteiger partial charge < -0.3 is 10.0 Å². The van der Waals surface area contributed by atoms with Crippen LogP contribution in [0.1, 0.15) is 44.6 Å². The van der Waals surface area contributed by atoms with Crippen molar-refractivity contribution in [2.75, 3.05) is 6.54 Å². The molecule has 1 amide bonds. The van der Waals surface area contributed by atoms with Gasteiger partial charge in [-0.15, -0.1) is 0 Å². The van der Waals surface area contributed by atoms with Crippen LogP contribution >= 0.6 is 0 Å². The quantitative estimate of drug-likeness (QED) is 0.909. The first-order valence-corrected chi connectivity index (χ1v) is 7.96. The van der Waals surface area contributed by atoms with Gasteiger partial charge in [-0.3, -0.25) is 4.79 Å². The van der Waals surface area contributed by atoms with Gasteiger partial charge in [-0.2, -0.15) is 5.26 Å². The summed E-state index contributed by atoms with van der Waals surface area (Å²) in [7, 11) is 0. The second-order valence-corrected chi connectivity index (χ2v) is 6.33. The van der Waals surface area contributed by atoms with E-state index in [9.17, 15) is 15.2 Å². The zero-order valence-corrected chi connectivity index (χ0v) is 13.3. The van der Waals surface area contributed by atoms with Crippen LogP contribution in [-0.2, 0) is 4.79 Å². The molecule has 0 aromatic heterocycles. The van der Waals surface area contributed by atoms with E-state index in [1.807, 2.05) is 44.2 Å². The van der Waals surface area contributed by atoms with Crippen LogP contribution in [0.4, 0.5) is 0 Å². The van der Waals surface area contributed by atoms with Gasteiger partial charge in [0.25, 0.3) is 0 Å². The van der Waals surface area contributed by atoms with Crippen LogP contribution in [0.15, 0.2) is 30.3 Å². The molecule has 3 unspecified atom stereocenters. The van der Waals surface area contributed by atoms with Crippen molar-refractivity contribution in [1.29, 1.82) is 5.26 Å². The first-order valence-electron chi connectivity index (χ1n) is 7.96. The fraction of sp³-hybridized carbons (Fsp3) is 0.556. The maximum Gasteiger partial charge on any atom is 0.225 e. The molecule has 2 rings (SSSR count). The van der Waals surface area contributed by atoms with Crippen LogP contribution in [0.5, 0.6) is 0 Å². The Labute approximate surface area is 132 Å². The third kappa shape index (κ3) is 3.66. The maximum atomic E-state index is 12.5. The van der Waals surface area contributed by atoms with Gasteiger partial charge in [-0.05, 0) is 24.3 Å². The SMILES string of the molecule is CC(C)C(O)CC(=O)N1CCCC1C(C#N)c1ccccc1. The highest BCUT2D eigenvalue weighted by atomic mass is 16.3. The first kappa shape index (κ1) is 16.5. The number of benzene rings is 1. The molecule has 0 radical (unpaired) electrons. The number of amides is 1. The van der Waals surface area contributed by atoms with Crippen molar-refractivity contribution in [1.82, 2.24) is 4.90 Å². The number of nitrogens with zero attached hydrogens (tertiary/aromatic N) is 2. The van der Waals surface area contributed by atoms with Gasteiger partial charge in [0, 0.05) is 6.54 Å². The maximum absolute atomic E-state index is 12.5. The van der Waals surface area contributed by atoms with E-state index in [0.717, 1.165) is 18.4 Å². The third-order valence-electron chi connectivity index (χ3n) is 4.46. The van der Waals surface area contributed by atoms with Crippen molar-refractivity contribution in [2.45, 2.75) is 51.2 Å². The standard InChI is InChI=1S/C18H24N2O2/c1-13(2)17(21)11-18(22)20-10-6-9-16(20)15(12-19)14-7-4-3-5-8-14/h3-5,7-8,13,15-17,21H,6,9-11H2,1-2H3. The van der Waals surface area contributed by atoms with Gasteiger partial charge in [0.1, 0.15) is 0 Å². The summed E-state index contributed by atoms with van der Waals surface area (Å²) in [6, 6.07) is 11.9. The molecular weight excluding hydrogens is 276 g/mol. The summed E-state index contributed by atoms with van der Waals surface area (Å²) >= 11 is 0. The molecular formula is C18H24N2O2. The fourth-order valence-electron chi connectivity index (χ4n) is 3.02. The monoisotopic (exact) mass is 300 g/mol. The number of carbonyl (C=O) groups excluding carboxylic acids is 1. The molecule has 1 aliphatic rings. The Bertz CT molecular complexity index is 536. The minimum Gasteiger partial charge on any atom is -0.392 e. The number of aliphatic hydroxyl groups excluding tert-OH is 1. The van der Waals surface area contributed by atoms with Crippen LogP contribution < -0.4 is 0 Å². The number of hydrogen-bond donors (Lipinski definition) is 1. The van der Waals surface area contributed by atoms with Crippen molar-refractivity contribution in [3.63, 3.8) is 0 Å². The number of aliphatic hydroxyl groups is 1. The van der Waals surface area contributed by atoms with Crippen LogP contribution in [-0.4, -0.2) is 34.6 Å². The predicted molar refractivity (Wildman–Crippen MR) is 85.0 cm³/mol. The Morgan fingerprint density at radius 3 is 2.68 bits per heavy atom. The molecule has 1 aromatic carbocycles. The number of nitriles is 1. The molecule has 0 aliphatic carbocycles. The van der Waals surface area contributed by atoms with Crippen LogP contribution in [0, 0.1) is 17.2 Å². The minimum atomic E-state index is -0.619. The Morgan fingerprint density at radius 2 is 2.09 bits per heavy atom. The van der Waals surface area contributed by atoms with Gasteiger partial charge in [0.15, 0.2) is 0 Å². The zero-order valence-electron chi connectivity index (χ0n) is 13.3. The molecule has 1 aromatic rings. The highest BCUT2D eigenvalue weighted by molar-refractivity contribution is 5.77. The minimum absolute atomic E-state index is 0.0418. The normalized spacial score (nSPS) is 20.7. The summed E-state index contributed by atoms with van der Waals surface area (Å²) in [5.41, 5.74) is 0.958. The summed E-state index contributed by atoms with van der Waals surface area (Å²) in [5, 5.41) is 19.5. The second-order valence-electron chi connectivity index (χ2n) is 6.33. The fourth-order valence-corrected chi connectivity index (χ4v) is 3.02. The van der Waals surface area contributed by atoms with Crippen molar-refractivity contribution < 1.29 is 9.90 Å². The summed E-state index contributed by atoms with van der Waals surface area (Å²) in [5.74, 6) is -0.283. The lowest BCUT2D eigenvalue weighted by molar-refractivity contribution is -0.134. The van der Waals surface area contributed by atoms with E-state index in [1.54, 1.807) is 4.90 Å². The topological polar surface area (TPSA) is 64.3 Å². The Kier molecular flexibility index (Phi) is 5.57. The summed E-state index contributed by atoms with van der Waals surface area (Å²) in [6.45, 7) is 4.49. The Morgan fingerprint density at radius 1 is 1.41 bits per heavy atom. The van der Waals surface area contributed by atoms with E-state index in [0.29, 0.717) is 6.54 Å². The summed E-state index contributed by atoms with van der Waals surface area (Å²) in [4.78, 5) is 14.3. The molecule has 4 nitrogen and oxygen atoms in total. The largest absolute Gasteiger partial charge is 0.392 e. The van der Waals surface area contributed by atoms with E-state index >= 15 is 0 Å². The van der Waals surface area contributed by atoms with Gasteiger partial charge >= 0.3 is 0 Å². The van der Waals surface area contributed by atoms with Gasteiger partial charge in [0.2, 0.25) is 5.91 Å². The molecule has 22 heavy (non-hydrogen) atoms. The smallest absolute Gasteiger partial charge is 0.225 e. The molecule has 1 heterocycles. The highest BCUT2D eigenvalue weighted by Crippen LogP contribution is 2.31. The summed E-state index contributed by atoms with van der Waals surface area (Å²) in [6.07, 6.45) is 1.28. The summed E-state index contributed by atoms with van der Waals surface area (Å²) < 4.78 is 0. The lowest BCUT2D eigenvalue weighted by Gasteiger charge is -2.29. The van der Waals surface area contributed by atoms with E-state index in [4.69, 9.17) is 0 Å². The third-order valence-corrected chi connectivity index (χ3v) is 4.46. The molecule has 1 aliphatic heterocycles. The van der Waals surface area contributed by atoms with Crippen LogP contribution in [0.3, 0.4) is 0 Å². The average molecular weight is 300 g/mol. The van der Waals surface area contributed by atoms with Gasteiger partial charge in [-0.25, -0.2) is 0 Å². The molecule has 1 fully saturated rings. The average Bonchev–Trinajstić information content (AvgIpc) is 2.98. The molecule has 4 heteroatoms. The molecule has 0 spiro atoms. The van der Waals surface area contributed by atoms with E-state index in [2.05, 4.69) is 6.07 Å². The molecule has 1 N–H and O–H groups in total. The predicted octanol–water partition coefficient (Wildman–Crippen LogP) is 2.69. The number of likely N-dealkylation sites (tertiary alicyclic amines) is 1. The highest BCUT2D eigenvalue weighted by Gasteiger charge is 2.36. The zero-order chi connectivity index (χ0) is 16.1. The van der Waals surface area contributed by atoms with Crippen molar-refractivity contribution in [2.24, 2.45) is 5.92 Å². The Balaban J connectivity index is 2.13. The molecule has 0 bridgehead atoms. The van der Waals surface area contributed by atoms with Crippen molar-refractivity contribution in [3.05, 3.63) is 35.9 Å². The molecule has 3 atom stereocenters. The number of carbonyl (C=O) groups is 1.